The lowest BCUT2D eigenvalue weighted by Gasteiger charge is -2.39. The van der Waals surface area contributed by atoms with E-state index in [1.54, 1.807) is 0 Å². The molecule has 2 unspecified atom stereocenters. The average molecular weight is 336 g/mol. The Labute approximate surface area is 129 Å². The molecule has 1 saturated carbocycles. The number of aliphatic hydroxyl groups excluding tert-OH is 1. The molecule has 118 valence electrons. The smallest absolute Gasteiger partial charge is 0.241 e. The average Bonchev–Trinajstić information content (AvgIpc) is 2.41. The van der Waals surface area contributed by atoms with Gasteiger partial charge in [0.15, 0.2) is 0 Å². The number of aliphatic hydroxyl groups is 1. The molecule has 0 bridgehead atoms. The summed E-state index contributed by atoms with van der Waals surface area (Å²) in [6.07, 6.45) is 3.04. The van der Waals surface area contributed by atoms with Crippen LogP contribution in [0.5, 0.6) is 0 Å². The van der Waals surface area contributed by atoms with E-state index in [0.717, 1.165) is 25.0 Å². The minimum absolute atomic E-state index is 0.0973. The summed E-state index contributed by atoms with van der Waals surface area (Å²) in [7, 11) is -3.85. The molecular formula is C14H19ClFNO3S. The van der Waals surface area contributed by atoms with Crippen molar-refractivity contribution < 1.29 is 17.9 Å². The molecule has 0 radical (unpaired) electrons. The Kier molecular flexibility index (Phi) is 4.92. The van der Waals surface area contributed by atoms with E-state index in [1.165, 1.54) is 6.07 Å². The highest BCUT2D eigenvalue weighted by atomic mass is 35.5. The summed E-state index contributed by atoms with van der Waals surface area (Å²) >= 11 is 5.64. The van der Waals surface area contributed by atoms with Gasteiger partial charge in [-0.2, -0.15) is 0 Å². The normalized spacial score (nSPS) is 26.8. The maximum atomic E-state index is 13.2. The van der Waals surface area contributed by atoms with Gasteiger partial charge in [0.2, 0.25) is 10.0 Å². The Bertz CT molecular complexity index is 623. The molecule has 4 nitrogen and oxygen atoms in total. The fourth-order valence-corrected chi connectivity index (χ4v) is 4.62. The second kappa shape index (κ2) is 6.20. The molecule has 0 saturated heterocycles. The minimum Gasteiger partial charge on any atom is -0.394 e. The summed E-state index contributed by atoms with van der Waals surface area (Å²) in [4.78, 5) is -0.0973. The number of hydrogen-bond donors (Lipinski definition) is 2. The molecule has 21 heavy (non-hydrogen) atoms. The van der Waals surface area contributed by atoms with Crippen LogP contribution in [0.4, 0.5) is 4.39 Å². The molecule has 1 aromatic rings. The number of halogens is 2. The molecule has 1 aliphatic rings. The highest BCUT2D eigenvalue weighted by Gasteiger charge is 2.38. The standard InChI is InChI=1S/C14H19ClFNO3S/c1-10-3-2-6-14(8-10,9-18)17-21(19,20)11-4-5-13(16)12(15)7-11/h4-5,7,10,17-18H,2-3,6,8-9H2,1H3. The predicted molar refractivity (Wildman–Crippen MR) is 79.2 cm³/mol. The first-order chi connectivity index (χ1) is 9.78. The van der Waals surface area contributed by atoms with Crippen molar-refractivity contribution >= 4 is 21.6 Å². The van der Waals surface area contributed by atoms with E-state index in [1.807, 2.05) is 6.92 Å². The van der Waals surface area contributed by atoms with Gasteiger partial charge in [0.25, 0.3) is 0 Å². The molecule has 2 atom stereocenters. The molecule has 0 amide bonds. The van der Waals surface area contributed by atoms with Gasteiger partial charge in [-0.1, -0.05) is 31.4 Å². The molecule has 0 aliphatic heterocycles. The summed E-state index contributed by atoms with van der Waals surface area (Å²) in [5.74, 6) is -0.329. The van der Waals surface area contributed by atoms with Gasteiger partial charge >= 0.3 is 0 Å². The van der Waals surface area contributed by atoms with Crippen molar-refractivity contribution in [1.82, 2.24) is 4.72 Å². The van der Waals surface area contributed by atoms with Gasteiger partial charge < -0.3 is 5.11 Å². The SMILES string of the molecule is CC1CCCC(CO)(NS(=O)(=O)c2ccc(F)c(Cl)c2)C1. The lowest BCUT2D eigenvalue weighted by Crippen LogP contribution is -2.53. The minimum atomic E-state index is -3.85. The van der Waals surface area contributed by atoms with Crippen LogP contribution in [0, 0.1) is 11.7 Å². The molecule has 1 fully saturated rings. The van der Waals surface area contributed by atoms with Crippen molar-refractivity contribution in [2.24, 2.45) is 5.92 Å². The third-order valence-corrected chi connectivity index (χ3v) is 5.81. The molecular weight excluding hydrogens is 317 g/mol. The Hall–Kier alpha value is -0.690. The fourth-order valence-electron chi connectivity index (χ4n) is 2.92. The molecule has 2 rings (SSSR count). The lowest BCUT2D eigenvalue weighted by atomic mass is 9.78. The zero-order valence-corrected chi connectivity index (χ0v) is 13.3. The van der Waals surface area contributed by atoms with Gasteiger partial charge in [0, 0.05) is 0 Å². The van der Waals surface area contributed by atoms with Crippen LogP contribution in [0.15, 0.2) is 23.1 Å². The van der Waals surface area contributed by atoms with Crippen LogP contribution < -0.4 is 4.72 Å². The van der Waals surface area contributed by atoms with Crippen LogP contribution in [-0.2, 0) is 10.0 Å². The van der Waals surface area contributed by atoms with Crippen LogP contribution in [0.3, 0.4) is 0 Å². The topological polar surface area (TPSA) is 66.4 Å². The van der Waals surface area contributed by atoms with Crippen LogP contribution >= 0.6 is 11.6 Å². The van der Waals surface area contributed by atoms with Crippen molar-refractivity contribution in [3.05, 3.63) is 29.0 Å². The van der Waals surface area contributed by atoms with E-state index in [-0.39, 0.29) is 16.5 Å². The maximum Gasteiger partial charge on any atom is 0.241 e. The molecule has 0 aromatic heterocycles. The van der Waals surface area contributed by atoms with Crippen molar-refractivity contribution in [2.75, 3.05) is 6.61 Å². The lowest BCUT2D eigenvalue weighted by molar-refractivity contribution is 0.120. The number of rotatable bonds is 4. The van der Waals surface area contributed by atoms with Gasteiger partial charge in [-0.3, -0.25) is 0 Å². The summed E-state index contributed by atoms with van der Waals surface area (Å²) in [6, 6.07) is 3.27. The second-order valence-electron chi connectivity index (χ2n) is 5.82. The monoisotopic (exact) mass is 335 g/mol. The molecule has 0 spiro atoms. The van der Waals surface area contributed by atoms with Crippen LogP contribution in [0.25, 0.3) is 0 Å². The molecule has 0 heterocycles. The summed E-state index contributed by atoms with van der Waals surface area (Å²) in [5, 5.41) is 9.41. The third-order valence-electron chi connectivity index (χ3n) is 3.95. The highest BCUT2D eigenvalue weighted by Crippen LogP contribution is 2.33. The van der Waals surface area contributed by atoms with Gasteiger partial charge in [-0.05, 0) is 37.0 Å². The van der Waals surface area contributed by atoms with Crippen molar-refractivity contribution in [2.45, 2.75) is 43.0 Å². The maximum absolute atomic E-state index is 13.2. The Morgan fingerprint density at radius 1 is 1.52 bits per heavy atom. The largest absolute Gasteiger partial charge is 0.394 e. The molecule has 2 N–H and O–H groups in total. The van der Waals surface area contributed by atoms with Crippen molar-refractivity contribution in [3.63, 3.8) is 0 Å². The van der Waals surface area contributed by atoms with Gasteiger partial charge in [-0.15, -0.1) is 0 Å². The molecule has 1 aromatic carbocycles. The fraction of sp³-hybridized carbons (Fsp3) is 0.571. The first-order valence-electron chi connectivity index (χ1n) is 6.88. The van der Waals surface area contributed by atoms with Crippen LogP contribution in [-0.4, -0.2) is 25.7 Å². The number of nitrogens with one attached hydrogen (secondary N) is 1. The Balaban J connectivity index is 2.28. The van der Waals surface area contributed by atoms with Gasteiger partial charge in [0.1, 0.15) is 5.82 Å². The number of benzene rings is 1. The van der Waals surface area contributed by atoms with Gasteiger partial charge in [-0.25, -0.2) is 17.5 Å². The summed E-state index contributed by atoms with van der Waals surface area (Å²) < 4.78 is 40.6. The van der Waals surface area contributed by atoms with E-state index < -0.39 is 21.4 Å². The van der Waals surface area contributed by atoms with Crippen molar-refractivity contribution in [3.8, 4) is 0 Å². The predicted octanol–water partition coefficient (Wildman–Crippen LogP) is 2.70. The Morgan fingerprint density at radius 3 is 2.81 bits per heavy atom. The van der Waals surface area contributed by atoms with E-state index in [2.05, 4.69) is 4.72 Å². The van der Waals surface area contributed by atoms with Crippen molar-refractivity contribution in [1.29, 1.82) is 0 Å². The Morgan fingerprint density at radius 2 is 2.24 bits per heavy atom. The quantitative estimate of drug-likeness (QED) is 0.889. The highest BCUT2D eigenvalue weighted by molar-refractivity contribution is 7.89. The zero-order valence-electron chi connectivity index (χ0n) is 11.8. The second-order valence-corrected chi connectivity index (χ2v) is 7.91. The number of hydrogen-bond acceptors (Lipinski definition) is 3. The van der Waals surface area contributed by atoms with Crippen LogP contribution in [0.1, 0.15) is 32.6 Å². The molecule has 7 heteroatoms. The van der Waals surface area contributed by atoms with E-state index in [9.17, 15) is 17.9 Å². The van der Waals surface area contributed by atoms with E-state index in [0.29, 0.717) is 18.8 Å². The van der Waals surface area contributed by atoms with Gasteiger partial charge in [0.05, 0.1) is 22.1 Å². The third kappa shape index (κ3) is 3.74. The summed E-state index contributed by atoms with van der Waals surface area (Å²) in [6.45, 7) is 1.78. The zero-order chi connectivity index (χ0) is 15.7. The van der Waals surface area contributed by atoms with E-state index in [4.69, 9.17) is 11.6 Å². The summed E-state index contributed by atoms with van der Waals surface area (Å²) in [5.41, 5.74) is -0.850. The molecule has 1 aliphatic carbocycles. The first kappa shape index (κ1) is 16.7. The van der Waals surface area contributed by atoms with E-state index >= 15 is 0 Å². The number of sulfonamides is 1. The van der Waals surface area contributed by atoms with Crippen LogP contribution in [0.2, 0.25) is 5.02 Å². The first-order valence-corrected chi connectivity index (χ1v) is 8.74.